The van der Waals surface area contributed by atoms with E-state index in [4.69, 9.17) is 4.74 Å². The van der Waals surface area contributed by atoms with Gasteiger partial charge in [-0.25, -0.2) is 22.3 Å². The Morgan fingerprint density at radius 3 is 2.63 bits per heavy atom. The molecule has 0 radical (unpaired) electrons. The Bertz CT molecular complexity index is 1170. The highest BCUT2D eigenvalue weighted by molar-refractivity contribution is 7.90. The average Bonchev–Trinajstić information content (AvgIpc) is 3.31. The summed E-state index contributed by atoms with van der Waals surface area (Å²) in [5.41, 5.74) is 0.101. The summed E-state index contributed by atoms with van der Waals surface area (Å²) in [7, 11) is -4.12. The van der Waals surface area contributed by atoms with E-state index in [0.717, 1.165) is 0 Å². The van der Waals surface area contributed by atoms with Gasteiger partial charge >= 0.3 is 12.0 Å². The summed E-state index contributed by atoms with van der Waals surface area (Å²) in [4.78, 5) is 38.3. The Morgan fingerprint density at radius 1 is 1.20 bits per heavy atom. The SMILES string of the molecule is CCOC(=O)C1=C(CN2C(=O)c3ccccc3S2(=O)=O)NC(=O)N[C@@H]1c1cccs1. The van der Waals surface area contributed by atoms with E-state index in [1.54, 1.807) is 30.5 Å². The van der Waals surface area contributed by atoms with E-state index in [0.29, 0.717) is 9.18 Å². The maximum Gasteiger partial charge on any atom is 0.338 e. The van der Waals surface area contributed by atoms with Gasteiger partial charge in [0.15, 0.2) is 0 Å². The third kappa shape index (κ3) is 3.25. The van der Waals surface area contributed by atoms with Crippen molar-refractivity contribution in [2.24, 2.45) is 0 Å². The molecule has 30 heavy (non-hydrogen) atoms. The lowest BCUT2D eigenvalue weighted by atomic mass is 10.0. The number of hydrogen-bond acceptors (Lipinski definition) is 7. The van der Waals surface area contributed by atoms with Crippen molar-refractivity contribution in [3.05, 3.63) is 63.5 Å². The Hall–Kier alpha value is -3.18. The number of amides is 3. The van der Waals surface area contributed by atoms with Crippen LogP contribution in [0.5, 0.6) is 0 Å². The van der Waals surface area contributed by atoms with E-state index in [9.17, 15) is 22.8 Å². The molecule has 1 aromatic heterocycles. The van der Waals surface area contributed by atoms with Crippen molar-refractivity contribution in [1.82, 2.24) is 14.9 Å². The Balaban J connectivity index is 1.80. The third-order valence-electron chi connectivity index (χ3n) is 4.69. The molecule has 3 heterocycles. The Kier molecular flexibility index (Phi) is 5.08. The molecule has 2 aliphatic rings. The minimum Gasteiger partial charge on any atom is -0.463 e. The predicted molar refractivity (Wildman–Crippen MR) is 107 cm³/mol. The Labute approximate surface area is 176 Å². The summed E-state index contributed by atoms with van der Waals surface area (Å²) < 4.78 is 31.6. The van der Waals surface area contributed by atoms with Crippen molar-refractivity contribution >= 4 is 39.3 Å². The molecule has 0 aliphatic carbocycles. The molecule has 2 N–H and O–H groups in total. The van der Waals surface area contributed by atoms with Gasteiger partial charge in [0.1, 0.15) is 4.90 Å². The summed E-state index contributed by atoms with van der Waals surface area (Å²) in [5.74, 6) is -1.43. The van der Waals surface area contributed by atoms with Crippen molar-refractivity contribution < 1.29 is 27.5 Å². The van der Waals surface area contributed by atoms with E-state index in [1.807, 2.05) is 0 Å². The van der Waals surface area contributed by atoms with Crippen molar-refractivity contribution in [2.45, 2.75) is 17.9 Å². The van der Waals surface area contributed by atoms with E-state index in [2.05, 4.69) is 10.6 Å². The number of carbonyl (C=O) groups is 3. The summed E-state index contributed by atoms with van der Waals surface area (Å²) in [5, 5.41) is 6.93. The highest BCUT2D eigenvalue weighted by Gasteiger charge is 2.43. The van der Waals surface area contributed by atoms with Crippen LogP contribution in [0.4, 0.5) is 4.79 Å². The largest absolute Gasteiger partial charge is 0.463 e. The van der Waals surface area contributed by atoms with Crippen LogP contribution in [0.1, 0.15) is 28.2 Å². The number of carbonyl (C=O) groups excluding carboxylic acids is 3. The van der Waals surface area contributed by atoms with Gasteiger partial charge in [-0.05, 0) is 30.5 Å². The Morgan fingerprint density at radius 2 is 1.97 bits per heavy atom. The number of benzene rings is 1. The first-order valence-corrected chi connectivity index (χ1v) is 11.3. The summed E-state index contributed by atoms with van der Waals surface area (Å²) >= 11 is 1.32. The van der Waals surface area contributed by atoms with Gasteiger partial charge in [-0.1, -0.05) is 18.2 Å². The number of ether oxygens (including phenoxy) is 1. The zero-order chi connectivity index (χ0) is 21.5. The van der Waals surface area contributed by atoms with Crippen molar-refractivity contribution in [1.29, 1.82) is 0 Å². The monoisotopic (exact) mass is 447 g/mol. The summed E-state index contributed by atoms with van der Waals surface area (Å²) in [6.07, 6.45) is 0. The van der Waals surface area contributed by atoms with Gasteiger partial charge in [0.05, 0.1) is 36.0 Å². The van der Waals surface area contributed by atoms with E-state index in [-0.39, 0.29) is 28.3 Å². The van der Waals surface area contributed by atoms with Crippen LogP contribution >= 0.6 is 11.3 Å². The molecule has 1 aromatic carbocycles. The van der Waals surface area contributed by atoms with Crippen LogP contribution in [-0.2, 0) is 19.6 Å². The second-order valence-corrected chi connectivity index (χ2v) is 9.28. The van der Waals surface area contributed by atoms with E-state index >= 15 is 0 Å². The number of urea groups is 1. The fourth-order valence-electron chi connectivity index (χ4n) is 3.39. The lowest BCUT2D eigenvalue weighted by molar-refractivity contribution is -0.139. The molecule has 0 bridgehead atoms. The van der Waals surface area contributed by atoms with Gasteiger partial charge in [-0.3, -0.25) is 4.79 Å². The number of fused-ring (bicyclic) bond motifs is 1. The van der Waals surface area contributed by atoms with Gasteiger partial charge < -0.3 is 15.4 Å². The second kappa shape index (κ2) is 7.58. The molecular formula is C19H17N3O6S2. The molecule has 3 amide bonds. The first-order valence-electron chi connectivity index (χ1n) is 9.01. The number of sulfonamides is 1. The highest BCUT2D eigenvalue weighted by atomic mass is 32.2. The smallest absolute Gasteiger partial charge is 0.338 e. The molecule has 2 aliphatic heterocycles. The van der Waals surface area contributed by atoms with Crippen LogP contribution in [0.2, 0.25) is 0 Å². The topological polar surface area (TPSA) is 122 Å². The third-order valence-corrected chi connectivity index (χ3v) is 7.41. The van der Waals surface area contributed by atoms with Crippen LogP contribution in [0.25, 0.3) is 0 Å². The molecule has 0 fully saturated rings. The molecule has 2 aromatic rings. The van der Waals surface area contributed by atoms with Crippen molar-refractivity contribution in [3.8, 4) is 0 Å². The standard InChI is InChI=1S/C19H17N3O6S2/c1-2-28-18(24)15-12(20-19(25)21-16(15)13-7-5-9-29-13)10-22-17(23)11-6-3-4-8-14(11)30(22,26)27/h3-9,16H,2,10H2,1H3,(H2,20,21,25)/t16-/m1/s1. The normalized spacial score (nSPS) is 19.9. The minimum absolute atomic E-state index is 0.000307. The van der Waals surface area contributed by atoms with Gasteiger partial charge in [-0.2, -0.15) is 0 Å². The summed E-state index contributed by atoms with van der Waals surface area (Å²) in [6, 6.07) is 7.93. The number of rotatable bonds is 5. The zero-order valence-corrected chi connectivity index (χ0v) is 17.4. The first kappa shape index (κ1) is 20.1. The lowest BCUT2D eigenvalue weighted by Gasteiger charge is -2.30. The molecule has 4 rings (SSSR count). The van der Waals surface area contributed by atoms with Crippen LogP contribution in [-0.4, -0.2) is 43.8 Å². The van der Waals surface area contributed by atoms with E-state index < -0.39 is 40.5 Å². The molecule has 9 nitrogen and oxygen atoms in total. The highest BCUT2D eigenvalue weighted by Crippen LogP contribution is 2.34. The second-order valence-electron chi connectivity index (χ2n) is 6.47. The van der Waals surface area contributed by atoms with Gasteiger partial charge in [0.25, 0.3) is 15.9 Å². The minimum atomic E-state index is -4.12. The quantitative estimate of drug-likeness (QED) is 0.674. The fraction of sp³-hybridized carbons (Fsp3) is 0.211. The van der Waals surface area contributed by atoms with Crippen LogP contribution in [0.3, 0.4) is 0 Å². The average molecular weight is 447 g/mol. The first-order chi connectivity index (χ1) is 14.3. The number of nitrogens with one attached hydrogen (secondary N) is 2. The molecule has 0 unspecified atom stereocenters. The van der Waals surface area contributed by atoms with Crippen molar-refractivity contribution in [2.75, 3.05) is 13.2 Å². The molecule has 0 saturated heterocycles. The van der Waals surface area contributed by atoms with Gasteiger partial charge in [-0.15, -0.1) is 11.3 Å². The fourth-order valence-corrected chi connectivity index (χ4v) is 5.71. The molecule has 0 saturated carbocycles. The van der Waals surface area contributed by atoms with Crippen LogP contribution in [0, 0.1) is 0 Å². The molecular weight excluding hydrogens is 430 g/mol. The number of nitrogens with zero attached hydrogens (tertiary/aromatic N) is 1. The number of thiophene rings is 1. The van der Waals surface area contributed by atoms with Gasteiger partial charge in [0, 0.05) is 4.88 Å². The zero-order valence-electron chi connectivity index (χ0n) is 15.7. The van der Waals surface area contributed by atoms with Crippen molar-refractivity contribution in [3.63, 3.8) is 0 Å². The van der Waals surface area contributed by atoms with Crippen LogP contribution < -0.4 is 10.6 Å². The van der Waals surface area contributed by atoms with E-state index in [1.165, 1.54) is 29.5 Å². The molecule has 156 valence electrons. The molecule has 1 atom stereocenters. The molecule has 0 spiro atoms. The number of esters is 1. The maximum atomic E-state index is 12.9. The maximum absolute atomic E-state index is 12.9. The van der Waals surface area contributed by atoms with Gasteiger partial charge in [0.2, 0.25) is 0 Å². The van der Waals surface area contributed by atoms with Crippen LogP contribution in [0.15, 0.2) is 57.9 Å². The number of hydrogen-bond donors (Lipinski definition) is 2. The lowest BCUT2D eigenvalue weighted by Crippen LogP contribution is -2.49. The molecule has 11 heteroatoms. The predicted octanol–water partition coefficient (Wildman–Crippen LogP) is 1.76. The summed E-state index contributed by atoms with van der Waals surface area (Å²) in [6.45, 7) is 1.23.